The quantitative estimate of drug-likeness (QED) is 0.292. The number of epoxide rings is 1. The number of hydrogen-bond donors (Lipinski definition) is 1. The Morgan fingerprint density at radius 3 is 2.25 bits per heavy atom. The zero-order valence-corrected chi connectivity index (χ0v) is 18.6. The molecule has 1 aliphatic carbocycles. The molecule has 0 radical (unpaired) electrons. The second-order valence-electron chi connectivity index (χ2n) is 9.00. The van der Waals surface area contributed by atoms with E-state index in [0.717, 1.165) is 6.92 Å². The fourth-order valence-electron chi connectivity index (χ4n) is 4.21. The van der Waals surface area contributed by atoms with Crippen molar-refractivity contribution in [1.82, 2.24) is 0 Å². The number of hydrogen-bond acceptors (Lipinski definition) is 9. The van der Waals surface area contributed by atoms with Gasteiger partial charge in [0.1, 0.15) is 12.2 Å². The molecular weight excluding hydrogens is 420 g/mol. The summed E-state index contributed by atoms with van der Waals surface area (Å²) in [7, 11) is 0. The molecule has 2 heterocycles. The van der Waals surface area contributed by atoms with Crippen LogP contribution in [-0.4, -0.2) is 64.9 Å². The lowest BCUT2D eigenvalue weighted by Crippen LogP contribution is -2.60. The van der Waals surface area contributed by atoms with Crippen LogP contribution in [0.3, 0.4) is 0 Å². The number of fused-ring (bicyclic) bond motifs is 2. The molecule has 3 rings (SSSR count). The van der Waals surface area contributed by atoms with Crippen LogP contribution in [0, 0.1) is 11.8 Å². The van der Waals surface area contributed by atoms with Crippen LogP contribution in [0.1, 0.15) is 34.1 Å². The number of ketones is 1. The van der Waals surface area contributed by atoms with Gasteiger partial charge in [-0.2, -0.15) is 0 Å². The summed E-state index contributed by atoms with van der Waals surface area (Å²) in [6.45, 7) is 16.6. The predicted molar refractivity (Wildman–Crippen MR) is 110 cm³/mol. The molecule has 1 unspecified atom stereocenters. The summed E-state index contributed by atoms with van der Waals surface area (Å²) < 4.78 is 22.1. The molecule has 0 amide bonds. The average molecular weight is 448 g/mol. The van der Waals surface area contributed by atoms with E-state index in [2.05, 4.69) is 19.7 Å². The molecule has 0 bridgehead atoms. The summed E-state index contributed by atoms with van der Waals surface area (Å²) in [5.41, 5.74) is -2.31. The number of rotatable bonds is 4. The van der Waals surface area contributed by atoms with Crippen LogP contribution >= 0.6 is 0 Å². The van der Waals surface area contributed by atoms with Crippen molar-refractivity contribution in [2.75, 3.05) is 0 Å². The van der Waals surface area contributed by atoms with Crippen LogP contribution < -0.4 is 0 Å². The van der Waals surface area contributed by atoms with Crippen LogP contribution in [0.2, 0.25) is 0 Å². The van der Waals surface area contributed by atoms with Crippen LogP contribution in [0.4, 0.5) is 0 Å². The summed E-state index contributed by atoms with van der Waals surface area (Å²) in [4.78, 5) is 50.5. The Kier molecular flexibility index (Phi) is 6.19. The highest BCUT2D eigenvalue weighted by Gasteiger charge is 2.63. The fraction of sp³-hybridized carbons (Fsp3) is 0.565. The van der Waals surface area contributed by atoms with Crippen molar-refractivity contribution >= 4 is 23.7 Å². The van der Waals surface area contributed by atoms with Gasteiger partial charge in [-0.3, -0.25) is 4.79 Å². The molecule has 0 aromatic rings. The lowest BCUT2D eigenvalue weighted by Gasteiger charge is -2.40. The van der Waals surface area contributed by atoms with Crippen LogP contribution in [0.15, 0.2) is 36.5 Å². The second kappa shape index (κ2) is 8.29. The average Bonchev–Trinajstić information content (AvgIpc) is 3.45. The first-order valence-electron chi connectivity index (χ1n) is 10.3. The minimum atomic E-state index is -2.32. The normalized spacial score (nSPS) is 38.7. The number of carbonyl (C=O) groups excluding carboxylic acids is 4. The molecule has 8 atom stereocenters. The summed E-state index contributed by atoms with van der Waals surface area (Å²) in [5, 5.41) is 11.3. The van der Waals surface area contributed by atoms with Crippen LogP contribution in [0.5, 0.6) is 0 Å². The Morgan fingerprint density at radius 1 is 1.12 bits per heavy atom. The molecule has 32 heavy (non-hydrogen) atoms. The van der Waals surface area contributed by atoms with Crippen LogP contribution in [0.25, 0.3) is 0 Å². The van der Waals surface area contributed by atoms with Gasteiger partial charge in [-0.05, 0) is 33.1 Å². The van der Waals surface area contributed by atoms with E-state index >= 15 is 0 Å². The van der Waals surface area contributed by atoms with E-state index in [0.29, 0.717) is 0 Å². The van der Waals surface area contributed by atoms with E-state index in [9.17, 15) is 24.3 Å². The van der Waals surface area contributed by atoms with Crippen molar-refractivity contribution in [1.29, 1.82) is 0 Å². The van der Waals surface area contributed by atoms with Gasteiger partial charge in [-0.1, -0.05) is 26.7 Å². The van der Waals surface area contributed by atoms with Gasteiger partial charge in [-0.15, -0.1) is 0 Å². The van der Waals surface area contributed by atoms with E-state index in [1.165, 1.54) is 13.8 Å². The minimum Gasteiger partial charge on any atom is -0.458 e. The third-order valence-electron chi connectivity index (χ3n) is 6.15. The van der Waals surface area contributed by atoms with Crippen molar-refractivity contribution in [3.63, 3.8) is 0 Å². The molecule has 2 aliphatic heterocycles. The third-order valence-corrected chi connectivity index (χ3v) is 6.15. The highest BCUT2D eigenvalue weighted by Crippen LogP contribution is 2.45. The Bertz CT molecular complexity index is 914. The number of carbonyl (C=O) groups is 4. The van der Waals surface area contributed by atoms with Gasteiger partial charge in [0.2, 0.25) is 0 Å². The maximum Gasteiger partial charge on any atom is 0.334 e. The van der Waals surface area contributed by atoms with Crippen molar-refractivity contribution in [3.8, 4) is 0 Å². The number of Topliss-reactive ketones (excluding diaryl/α,β-unsaturated/α-hetero) is 1. The molecule has 0 aromatic heterocycles. The Balaban J connectivity index is 2.16. The summed E-state index contributed by atoms with van der Waals surface area (Å²) in [6.07, 6.45) is -5.09. The lowest BCUT2D eigenvalue weighted by atomic mass is 9.75. The maximum absolute atomic E-state index is 13.2. The van der Waals surface area contributed by atoms with E-state index in [-0.39, 0.29) is 29.1 Å². The molecule has 0 spiro atoms. The van der Waals surface area contributed by atoms with E-state index < -0.39 is 65.7 Å². The molecule has 3 fully saturated rings. The van der Waals surface area contributed by atoms with Gasteiger partial charge in [-0.25, -0.2) is 14.4 Å². The fourth-order valence-corrected chi connectivity index (χ4v) is 4.21. The zero-order valence-electron chi connectivity index (χ0n) is 18.6. The van der Waals surface area contributed by atoms with E-state index in [4.69, 9.17) is 18.9 Å². The molecule has 0 aromatic carbocycles. The van der Waals surface area contributed by atoms with Gasteiger partial charge in [0.25, 0.3) is 0 Å². The Morgan fingerprint density at radius 2 is 1.69 bits per heavy atom. The first-order valence-corrected chi connectivity index (χ1v) is 10.3. The van der Waals surface area contributed by atoms with E-state index in [1.807, 2.05) is 6.92 Å². The highest BCUT2D eigenvalue weighted by molar-refractivity contribution is 5.95. The second-order valence-corrected chi connectivity index (χ2v) is 9.00. The number of ether oxygens (including phenoxy) is 4. The summed E-state index contributed by atoms with van der Waals surface area (Å²) in [5.74, 6) is -4.38. The maximum atomic E-state index is 13.2. The van der Waals surface area contributed by atoms with Gasteiger partial charge >= 0.3 is 17.9 Å². The summed E-state index contributed by atoms with van der Waals surface area (Å²) in [6, 6.07) is 0. The molecule has 1 saturated carbocycles. The van der Waals surface area contributed by atoms with Gasteiger partial charge in [0.15, 0.2) is 23.6 Å². The van der Waals surface area contributed by atoms with Crippen molar-refractivity contribution in [3.05, 3.63) is 36.5 Å². The van der Waals surface area contributed by atoms with E-state index in [1.54, 1.807) is 0 Å². The van der Waals surface area contributed by atoms with Crippen molar-refractivity contribution < 1.29 is 43.2 Å². The lowest BCUT2D eigenvalue weighted by molar-refractivity contribution is -0.195. The molecule has 9 heteroatoms. The Labute approximate surface area is 186 Å². The smallest absolute Gasteiger partial charge is 0.334 e. The molecule has 1 N–H and O–H groups in total. The first-order chi connectivity index (χ1) is 14.8. The van der Waals surface area contributed by atoms with Gasteiger partial charge in [0, 0.05) is 16.7 Å². The Hall–Kier alpha value is -2.78. The minimum absolute atomic E-state index is 0.00128. The SMILES string of the molecule is C=C(C)C(=O)O[C@H]1[C@H]2C(=C)C(=O)O[C@@H]2C[C@@H](C)[C@@H]2O[C@@H]2C(=O)C(C)(O)[C@@H]1OC(=O)C(=C)C. The monoisotopic (exact) mass is 448 g/mol. The largest absolute Gasteiger partial charge is 0.458 e. The highest BCUT2D eigenvalue weighted by atomic mass is 16.6. The molecule has 9 nitrogen and oxygen atoms in total. The standard InChI is InChI=1S/C23H28O9/c1-9(2)20(25)31-16-14-12(6)22(27)29-13(14)8-11(5)15-17(30-15)18(24)23(7,28)19(16)32-21(26)10(3)4/h11,13-17,19,28H,1,3,6,8H2,2,4-5,7H3/t11-,13-,14+,15+,16+,17+,19-,23?/m1/s1. The third kappa shape index (κ3) is 4.14. The zero-order chi connectivity index (χ0) is 24.1. The van der Waals surface area contributed by atoms with Crippen LogP contribution in [-0.2, 0) is 38.1 Å². The van der Waals surface area contributed by atoms with Crippen molar-refractivity contribution in [2.24, 2.45) is 11.8 Å². The number of aliphatic hydroxyl groups is 1. The predicted octanol–water partition coefficient (Wildman–Crippen LogP) is 1.19. The first kappa shape index (κ1) is 23.9. The van der Waals surface area contributed by atoms with Gasteiger partial charge in [0.05, 0.1) is 12.0 Å². The summed E-state index contributed by atoms with van der Waals surface area (Å²) >= 11 is 0. The van der Waals surface area contributed by atoms with Crippen molar-refractivity contribution in [2.45, 2.75) is 70.2 Å². The molecule has 174 valence electrons. The van der Waals surface area contributed by atoms with Gasteiger partial charge < -0.3 is 24.1 Å². The number of esters is 3. The molecular formula is C23H28O9. The topological polar surface area (TPSA) is 129 Å². The molecule has 3 aliphatic rings. The molecule has 2 saturated heterocycles.